The van der Waals surface area contributed by atoms with Crippen LogP contribution in [0.3, 0.4) is 0 Å². The number of aliphatic hydroxyl groups excluding tert-OH is 1. The van der Waals surface area contributed by atoms with E-state index in [2.05, 4.69) is 31.1 Å². The van der Waals surface area contributed by atoms with Crippen molar-refractivity contribution in [2.75, 3.05) is 0 Å². The minimum Gasteiger partial charge on any atom is -0.385 e. The first-order valence-corrected chi connectivity index (χ1v) is 5.10. The van der Waals surface area contributed by atoms with Gasteiger partial charge in [-0.1, -0.05) is 5.16 Å². The van der Waals surface area contributed by atoms with Gasteiger partial charge in [-0.25, -0.2) is 4.98 Å². The first-order chi connectivity index (χ1) is 7.18. The molecular formula is C9H8BrN3O2. The second-order valence-corrected chi connectivity index (χ2v) is 3.82. The van der Waals surface area contributed by atoms with E-state index in [0.29, 0.717) is 11.6 Å². The number of aromatic nitrogens is 3. The smallest absolute Gasteiger partial charge is 0.277 e. The summed E-state index contributed by atoms with van der Waals surface area (Å²) in [5.41, 5.74) is 0.567. The Hall–Kier alpha value is -1.27. The van der Waals surface area contributed by atoms with Crippen molar-refractivity contribution in [2.24, 2.45) is 0 Å². The van der Waals surface area contributed by atoms with Gasteiger partial charge in [-0.05, 0) is 35.0 Å². The van der Waals surface area contributed by atoms with Crippen molar-refractivity contribution in [3.05, 3.63) is 28.6 Å². The van der Waals surface area contributed by atoms with Gasteiger partial charge in [0.15, 0.2) is 5.82 Å². The average molecular weight is 270 g/mol. The zero-order valence-electron chi connectivity index (χ0n) is 7.88. The summed E-state index contributed by atoms with van der Waals surface area (Å²) in [5.74, 6) is 0.543. The first-order valence-electron chi connectivity index (χ1n) is 4.31. The molecule has 1 N–H and O–H groups in total. The van der Waals surface area contributed by atoms with Crippen molar-refractivity contribution in [3.8, 4) is 11.6 Å². The third-order valence-corrected chi connectivity index (χ3v) is 2.42. The highest BCUT2D eigenvalue weighted by Crippen LogP contribution is 2.24. The predicted molar refractivity (Wildman–Crippen MR) is 55.9 cm³/mol. The lowest BCUT2D eigenvalue weighted by Crippen LogP contribution is -1.93. The van der Waals surface area contributed by atoms with Gasteiger partial charge in [-0.2, -0.15) is 4.98 Å². The van der Waals surface area contributed by atoms with Crippen LogP contribution in [-0.2, 0) is 0 Å². The number of nitrogens with zero attached hydrogens (tertiary/aromatic N) is 3. The molecule has 5 nitrogen and oxygen atoms in total. The van der Waals surface area contributed by atoms with E-state index in [1.807, 2.05) is 6.07 Å². The van der Waals surface area contributed by atoms with Gasteiger partial charge in [0.2, 0.25) is 0 Å². The molecular weight excluding hydrogens is 262 g/mol. The van der Waals surface area contributed by atoms with Crippen molar-refractivity contribution >= 4 is 15.9 Å². The van der Waals surface area contributed by atoms with E-state index in [4.69, 9.17) is 4.52 Å². The van der Waals surface area contributed by atoms with Gasteiger partial charge in [0.1, 0.15) is 11.8 Å². The Morgan fingerprint density at radius 1 is 1.53 bits per heavy atom. The Morgan fingerprint density at radius 3 is 2.93 bits per heavy atom. The van der Waals surface area contributed by atoms with Crippen LogP contribution in [0.5, 0.6) is 0 Å². The molecule has 2 heterocycles. The van der Waals surface area contributed by atoms with Crippen molar-refractivity contribution in [2.45, 2.75) is 13.0 Å². The van der Waals surface area contributed by atoms with Crippen LogP contribution in [0.2, 0.25) is 0 Å². The quantitative estimate of drug-likeness (QED) is 0.902. The minimum atomic E-state index is -0.745. The van der Waals surface area contributed by atoms with E-state index in [1.54, 1.807) is 19.2 Å². The Bertz CT molecular complexity index is 470. The Labute approximate surface area is 94.3 Å². The fourth-order valence-electron chi connectivity index (χ4n) is 1.04. The molecule has 0 fully saturated rings. The van der Waals surface area contributed by atoms with E-state index < -0.39 is 6.10 Å². The number of pyridine rings is 1. The van der Waals surface area contributed by atoms with E-state index >= 15 is 0 Å². The van der Waals surface area contributed by atoms with Gasteiger partial charge in [0.05, 0.1) is 0 Å². The molecule has 2 rings (SSSR count). The number of hydrogen-bond donors (Lipinski definition) is 1. The largest absolute Gasteiger partial charge is 0.385 e. The van der Waals surface area contributed by atoms with Gasteiger partial charge >= 0.3 is 0 Å². The van der Waals surface area contributed by atoms with Crippen LogP contribution in [0.4, 0.5) is 0 Å². The molecule has 0 amide bonds. The van der Waals surface area contributed by atoms with E-state index in [0.717, 1.165) is 4.47 Å². The zero-order valence-corrected chi connectivity index (χ0v) is 9.47. The van der Waals surface area contributed by atoms with Crippen molar-refractivity contribution in [1.29, 1.82) is 0 Å². The number of hydrogen-bond acceptors (Lipinski definition) is 5. The average Bonchev–Trinajstić information content (AvgIpc) is 2.67. The van der Waals surface area contributed by atoms with Gasteiger partial charge in [0, 0.05) is 10.7 Å². The Kier molecular flexibility index (Phi) is 2.79. The fraction of sp³-hybridized carbons (Fsp3) is 0.222. The number of halogens is 1. The first kappa shape index (κ1) is 10.3. The Balaban J connectivity index is 2.42. The molecule has 0 bridgehead atoms. The molecule has 0 aliphatic carbocycles. The summed E-state index contributed by atoms with van der Waals surface area (Å²) in [5, 5.41) is 12.9. The molecule has 2 aromatic heterocycles. The molecule has 0 aliphatic rings. The van der Waals surface area contributed by atoms with Gasteiger partial charge < -0.3 is 9.63 Å². The summed E-state index contributed by atoms with van der Waals surface area (Å²) in [4.78, 5) is 8.12. The molecule has 1 unspecified atom stereocenters. The van der Waals surface area contributed by atoms with Crippen molar-refractivity contribution < 1.29 is 9.63 Å². The second-order valence-electron chi connectivity index (χ2n) is 2.97. The Morgan fingerprint density at radius 2 is 2.33 bits per heavy atom. The lowest BCUT2D eigenvalue weighted by atomic mass is 10.3. The maximum absolute atomic E-state index is 9.24. The van der Waals surface area contributed by atoms with Crippen LogP contribution in [-0.4, -0.2) is 20.2 Å². The standard InChI is InChI=1S/C9H8BrN3O2/c1-5(14)8-12-9(15-13-8)7-6(10)3-2-4-11-7/h2-5,14H,1H3. The molecule has 0 radical (unpaired) electrons. The van der Waals surface area contributed by atoms with E-state index in [1.165, 1.54) is 0 Å². The summed E-state index contributed by atoms with van der Waals surface area (Å²) in [6, 6.07) is 3.62. The number of aliphatic hydroxyl groups is 1. The third kappa shape index (κ3) is 2.05. The molecule has 0 aromatic carbocycles. The van der Waals surface area contributed by atoms with Crippen LogP contribution < -0.4 is 0 Å². The molecule has 6 heteroatoms. The SMILES string of the molecule is CC(O)c1noc(-c2ncccc2Br)n1. The maximum Gasteiger partial charge on any atom is 0.277 e. The lowest BCUT2D eigenvalue weighted by Gasteiger charge is -1.95. The minimum absolute atomic E-state index is 0.252. The maximum atomic E-state index is 9.24. The summed E-state index contributed by atoms with van der Waals surface area (Å²) >= 11 is 3.33. The molecule has 0 spiro atoms. The molecule has 78 valence electrons. The van der Waals surface area contributed by atoms with E-state index in [9.17, 15) is 5.11 Å². The molecule has 0 aliphatic heterocycles. The summed E-state index contributed by atoms with van der Waals surface area (Å²) in [6.45, 7) is 1.57. The van der Waals surface area contributed by atoms with Crippen LogP contribution in [0.25, 0.3) is 11.6 Å². The van der Waals surface area contributed by atoms with Gasteiger partial charge in [-0.3, -0.25) is 0 Å². The lowest BCUT2D eigenvalue weighted by molar-refractivity contribution is 0.184. The summed E-state index contributed by atoms with van der Waals surface area (Å²) < 4.78 is 5.75. The molecule has 0 saturated heterocycles. The third-order valence-electron chi connectivity index (χ3n) is 1.78. The van der Waals surface area contributed by atoms with Crippen LogP contribution in [0.1, 0.15) is 18.9 Å². The van der Waals surface area contributed by atoms with Crippen molar-refractivity contribution in [1.82, 2.24) is 15.1 Å². The van der Waals surface area contributed by atoms with Crippen LogP contribution in [0.15, 0.2) is 27.3 Å². The molecule has 2 aromatic rings. The van der Waals surface area contributed by atoms with Crippen LogP contribution in [0, 0.1) is 0 Å². The summed E-state index contributed by atoms with van der Waals surface area (Å²) in [7, 11) is 0. The number of rotatable bonds is 2. The van der Waals surface area contributed by atoms with Crippen molar-refractivity contribution in [3.63, 3.8) is 0 Å². The normalized spacial score (nSPS) is 12.7. The summed E-state index contributed by atoms with van der Waals surface area (Å²) in [6.07, 6.45) is 0.886. The molecule has 15 heavy (non-hydrogen) atoms. The fourth-order valence-corrected chi connectivity index (χ4v) is 1.47. The highest BCUT2D eigenvalue weighted by molar-refractivity contribution is 9.10. The molecule has 0 saturated carbocycles. The van der Waals surface area contributed by atoms with Gasteiger partial charge in [0.25, 0.3) is 5.89 Å². The van der Waals surface area contributed by atoms with Gasteiger partial charge in [-0.15, -0.1) is 0 Å². The second kappa shape index (κ2) is 4.08. The monoisotopic (exact) mass is 269 g/mol. The highest BCUT2D eigenvalue weighted by Gasteiger charge is 2.15. The van der Waals surface area contributed by atoms with E-state index in [-0.39, 0.29) is 5.82 Å². The highest BCUT2D eigenvalue weighted by atomic mass is 79.9. The predicted octanol–water partition coefficient (Wildman–Crippen LogP) is 1.95. The molecule has 1 atom stereocenters. The zero-order chi connectivity index (χ0) is 10.8. The van der Waals surface area contributed by atoms with Crippen LogP contribution >= 0.6 is 15.9 Å². The topological polar surface area (TPSA) is 72.0 Å².